The Morgan fingerprint density at radius 2 is 1.88 bits per heavy atom. The number of benzene rings is 1. The first-order valence-corrected chi connectivity index (χ1v) is 8.33. The molecule has 0 aliphatic carbocycles. The van der Waals surface area contributed by atoms with Gasteiger partial charge in [-0.25, -0.2) is 9.78 Å². The molecule has 0 bridgehead atoms. The number of hydrogen-bond acceptors (Lipinski definition) is 6. The predicted octanol–water partition coefficient (Wildman–Crippen LogP) is 2.69. The maximum atomic E-state index is 11.6. The average Bonchev–Trinajstić information content (AvgIpc) is 2.61. The van der Waals surface area contributed by atoms with E-state index in [1.807, 2.05) is 6.07 Å². The summed E-state index contributed by atoms with van der Waals surface area (Å²) in [7, 11) is 0. The molecule has 2 aliphatic heterocycles. The number of fused-ring (bicyclic) bond motifs is 1. The molecule has 0 radical (unpaired) electrons. The number of piperidine rings is 1. The summed E-state index contributed by atoms with van der Waals surface area (Å²) in [5, 5.41) is 26.3. The maximum Gasteiger partial charge on any atom is 0.413 e. The lowest BCUT2D eigenvalue weighted by Gasteiger charge is -2.28. The first-order chi connectivity index (χ1) is 12.1. The van der Waals surface area contributed by atoms with Gasteiger partial charge in [-0.15, -0.1) is 0 Å². The number of nitrogens with one attached hydrogen (secondary N) is 2. The molecule has 1 saturated heterocycles. The van der Waals surface area contributed by atoms with E-state index in [2.05, 4.69) is 15.6 Å². The predicted molar refractivity (Wildman–Crippen MR) is 91.7 cm³/mol. The third kappa shape index (κ3) is 2.87. The molecule has 1 aromatic heterocycles. The second-order valence-electron chi connectivity index (χ2n) is 6.32. The zero-order valence-electron chi connectivity index (χ0n) is 13.6. The Labute approximate surface area is 144 Å². The third-order valence-corrected chi connectivity index (χ3v) is 4.78. The quantitative estimate of drug-likeness (QED) is 0.670. The van der Waals surface area contributed by atoms with Crippen molar-refractivity contribution >= 4 is 11.9 Å². The number of carbonyl (C=O) groups excluding carboxylic acids is 1. The Kier molecular flexibility index (Phi) is 3.93. The van der Waals surface area contributed by atoms with Gasteiger partial charge < -0.3 is 20.3 Å². The van der Waals surface area contributed by atoms with Crippen molar-refractivity contribution in [1.82, 2.24) is 10.3 Å². The van der Waals surface area contributed by atoms with Crippen LogP contribution in [0.5, 0.6) is 11.5 Å². The van der Waals surface area contributed by atoms with Crippen LogP contribution in [0.1, 0.15) is 29.9 Å². The summed E-state index contributed by atoms with van der Waals surface area (Å²) in [6.07, 6.45) is 1.39. The second-order valence-corrected chi connectivity index (χ2v) is 6.32. The lowest BCUT2D eigenvalue weighted by atomic mass is 9.86. The Hall–Kier alpha value is -2.80. The Morgan fingerprint density at radius 1 is 1.16 bits per heavy atom. The van der Waals surface area contributed by atoms with Crippen LogP contribution in [-0.2, 0) is 11.3 Å². The largest absolute Gasteiger partial charge is 0.507 e. The number of cyclic esters (lactones) is 1. The zero-order valence-corrected chi connectivity index (χ0v) is 13.6. The van der Waals surface area contributed by atoms with E-state index < -0.39 is 6.09 Å². The summed E-state index contributed by atoms with van der Waals surface area (Å²) in [6.45, 7) is 2.03. The molecule has 1 aromatic carbocycles. The molecule has 0 unspecified atom stereocenters. The minimum atomic E-state index is -0.546. The van der Waals surface area contributed by atoms with E-state index in [-0.39, 0.29) is 23.7 Å². The second kappa shape index (κ2) is 6.25. The number of ether oxygens (including phenoxy) is 1. The molecule has 0 atom stereocenters. The summed E-state index contributed by atoms with van der Waals surface area (Å²) in [6, 6.07) is 6.46. The summed E-state index contributed by atoms with van der Waals surface area (Å²) < 4.78 is 5.12. The molecule has 2 aliphatic rings. The normalized spacial score (nSPS) is 17.5. The van der Waals surface area contributed by atoms with Gasteiger partial charge in [-0.3, -0.25) is 5.32 Å². The van der Waals surface area contributed by atoms with Crippen LogP contribution >= 0.6 is 0 Å². The lowest BCUT2D eigenvalue weighted by molar-refractivity contribution is 0.150. The van der Waals surface area contributed by atoms with Crippen molar-refractivity contribution in [3.63, 3.8) is 0 Å². The Morgan fingerprint density at radius 3 is 2.60 bits per heavy atom. The number of anilines is 1. The fraction of sp³-hybridized carbons (Fsp3) is 0.333. The third-order valence-electron chi connectivity index (χ3n) is 4.78. The van der Waals surface area contributed by atoms with E-state index in [9.17, 15) is 15.0 Å². The number of aromatic nitrogens is 1. The highest BCUT2D eigenvalue weighted by Crippen LogP contribution is 2.41. The van der Waals surface area contributed by atoms with Crippen LogP contribution in [0.3, 0.4) is 0 Å². The van der Waals surface area contributed by atoms with Crippen LogP contribution in [0.2, 0.25) is 0 Å². The van der Waals surface area contributed by atoms with E-state index in [1.54, 1.807) is 6.07 Å². The van der Waals surface area contributed by atoms with Gasteiger partial charge >= 0.3 is 6.09 Å². The molecule has 4 rings (SSSR count). The van der Waals surface area contributed by atoms with Crippen molar-refractivity contribution < 1.29 is 19.7 Å². The number of amides is 1. The van der Waals surface area contributed by atoms with E-state index in [0.717, 1.165) is 37.1 Å². The van der Waals surface area contributed by atoms with Gasteiger partial charge in [0.05, 0.1) is 11.3 Å². The van der Waals surface area contributed by atoms with Crippen LogP contribution in [0, 0.1) is 0 Å². The summed E-state index contributed by atoms with van der Waals surface area (Å²) in [5.74, 6) is 0.637. The molecule has 0 saturated carbocycles. The minimum Gasteiger partial charge on any atom is -0.507 e. The molecule has 3 heterocycles. The molecule has 2 aromatic rings. The van der Waals surface area contributed by atoms with Gasteiger partial charge in [0, 0.05) is 5.56 Å². The fourth-order valence-electron chi connectivity index (χ4n) is 3.53. The topological polar surface area (TPSA) is 104 Å². The smallest absolute Gasteiger partial charge is 0.413 e. The zero-order chi connectivity index (χ0) is 17.4. The van der Waals surface area contributed by atoms with E-state index in [4.69, 9.17) is 4.74 Å². The Bertz CT molecular complexity index is 811. The maximum absolute atomic E-state index is 11.6. The van der Waals surface area contributed by atoms with Crippen LogP contribution in [-0.4, -0.2) is 34.4 Å². The molecule has 7 nitrogen and oxygen atoms in total. The summed E-state index contributed by atoms with van der Waals surface area (Å²) in [5.41, 5.74) is 2.61. The van der Waals surface area contributed by atoms with Crippen LogP contribution in [0.15, 0.2) is 24.3 Å². The van der Waals surface area contributed by atoms with E-state index >= 15 is 0 Å². The molecule has 1 fully saturated rings. The van der Waals surface area contributed by atoms with Gasteiger partial charge in [0.25, 0.3) is 0 Å². The lowest BCUT2D eigenvalue weighted by Crippen LogP contribution is -2.29. The van der Waals surface area contributed by atoms with Crippen molar-refractivity contribution in [2.24, 2.45) is 0 Å². The number of rotatable bonds is 2. The molecule has 130 valence electrons. The molecule has 25 heavy (non-hydrogen) atoms. The highest BCUT2D eigenvalue weighted by molar-refractivity contribution is 5.88. The standard InChI is InChI=1S/C18H19N3O4/c22-14-2-1-3-15(23)16(14)13-8-11(10-4-6-19-7-5-10)12-9-25-18(24)21-17(12)20-13/h1-3,8,10,19,22-23H,4-7,9H2,(H,20,21,24). The Balaban J connectivity index is 1.88. The minimum absolute atomic E-state index is 0.0536. The number of pyridine rings is 1. The van der Waals surface area contributed by atoms with Crippen LogP contribution in [0.4, 0.5) is 10.6 Å². The number of hydrogen-bond donors (Lipinski definition) is 4. The van der Waals surface area contributed by atoms with Crippen molar-refractivity contribution in [3.8, 4) is 22.8 Å². The van der Waals surface area contributed by atoms with Gasteiger partial charge in [-0.1, -0.05) is 6.07 Å². The van der Waals surface area contributed by atoms with Gasteiger partial charge in [-0.05, 0) is 55.6 Å². The summed E-state index contributed by atoms with van der Waals surface area (Å²) >= 11 is 0. The van der Waals surface area contributed by atoms with E-state index in [1.165, 1.54) is 12.1 Å². The van der Waals surface area contributed by atoms with Gasteiger partial charge in [0.2, 0.25) is 0 Å². The van der Waals surface area contributed by atoms with Crippen molar-refractivity contribution in [2.75, 3.05) is 18.4 Å². The molecule has 4 N–H and O–H groups in total. The molecule has 1 amide bonds. The van der Waals surface area contributed by atoms with Gasteiger partial charge in [0.1, 0.15) is 23.9 Å². The van der Waals surface area contributed by atoms with Crippen molar-refractivity contribution in [3.05, 3.63) is 35.4 Å². The number of phenols is 2. The van der Waals surface area contributed by atoms with Crippen molar-refractivity contribution in [2.45, 2.75) is 25.4 Å². The number of nitrogens with zero attached hydrogens (tertiary/aromatic N) is 1. The highest BCUT2D eigenvalue weighted by atomic mass is 16.5. The monoisotopic (exact) mass is 341 g/mol. The van der Waals surface area contributed by atoms with Crippen molar-refractivity contribution in [1.29, 1.82) is 0 Å². The molecular formula is C18H19N3O4. The first-order valence-electron chi connectivity index (χ1n) is 8.33. The van der Waals surface area contributed by atoms with E-state index in [0.29, 0.717) is 17.4 Å². The van der Waals surface area contributed by atoms with Gasteiger partial charge in [0.15, 0.2) is 0 Å². The van der Waals surface area contributed by atoms with Crippen LogP contribution < -0.4 is 10.6 Å². The number of phenolic OH excluding ortho intramolecular Hbond substituents is 2. The van der Waals surface area contributed by atoms with Crippen LogP contribution in [0.25, 0.3) is 11.3 Å². The SMILES string of the molecule is O=C1Nc2nc(-c3c(O)cccc3O)cc(C3CCNCC3)c2CO1. The molecule has 7 heteroatoms. The van der Waals surface area contributed by atoms with Gasteiger partial charge in [-0.2, -0.15) is 0 Å². The summed E-state index contributed by atoms with van der Waals surface area (Å²) in [4.78, 5) is 16.1. The number of aromatic hydroxyl groups is 2. The fourth-order valence-corrected chi connectivity index (χ4v) is 3.53. The number of carbonyl (C=O) groups is 1. The molecular weight excluding hydrogens is 322 g/mol. The average molecular weight is 341 g/mol. The molecule has 0 spiro atoms. The first kappa shape index (κ1) is 15.7. The highest BCUT2D eigenvalue weighted by Gasteiger charge is 2.27.